The van der Waals surface area contributed by atoms with Crippen LogP contribution in [0.4, 0.5) is 0 Å². The van der Waals surface area contributed by atoms with Crippen LogP contribution in [0.5, 0.6) is 5.88 Å². The van der Waals surface area contributed by atoms with E-state index in [1.165, 1.54) is 0 Å². The highest BCUT2D eigenvalue weighted by molar-refractivity contribution is 9.10. The molecular weight excluding hydrogens is 448 g/mol. The molecule has 1 aromatic carbocycles. The van der Waals surface area contributed by atoms with E-state index < -0.39 is 36.2 Å². The van der Waals surface area contributed by atoms with E-state index in [4.69, 9.17) is 12.2 Å². The van der Waals surface area contributed by atoms with Crippen molar-refractivity contribution >= 4 is 62.9 Å². The average Bonchev–Trinajstić information content (AvgIpc) is 3.00. The number of amides is 1. The summed E-state index contributed by atoms with van der Waals surface area (Å²) >= 11 is 9.12. The second-order valence-electron chi connectivity index (χ2n) is 5.26. The fourth-order valence-electron chi connectivity index (χ4n) is 2.56. The molecule has 26 heavy (non-hydrogen) atoms. The predicted octanol–water partition coefficient (Wildman–Crippen LogP) is -1.46. The van der Waals surface area contributed by atoms with Gasteiger partial charge in [-0.1, -0.05) is 15.9 Å². The Bertz CT molecular complexity index is 1150. The Labute approximate surface area is 162 Å². The van der Waals surface area contributed by atoms with E-state index >= 15 is 0 Å². The van der Waals surface area contributed by atoms with Crippen molar-refractivity contribution in [3.63, 3.8) is 0 Å². The first-order valence-corrected chi connectivity index (χ1v) is 9.00. The quantitative estimate of drug-likeness (QED) is 0.545. The second kappa shape index (κ2) is 6.74. The standard InChI is InChI=1S/C15H9BrN2O6S2/c16-5-1-2-7-6(3-5)10(12(21)17-7)11-13(22)18(15(25)26-11)8(14(23)24)4-9(19)20/h1-3,8,22H,4H2,(H,19,20)(H,23,24)/p-2/t8-/m0/s1. The van der Waals surface area contributed by atoms with Gasteiger partial charge in [-0.05, 0) is 30.4 Å². The van der Waals surface area contributed by atoms with Crippen LogP contribution < -0.4 is 20.8 Å². The predicted molar refractivity (Wildman–Crippen MR) is 90.9 cm³/mol. The monoisotopic (exact) mass is 454 g/mol. The lowest BCUT2D eigenvalue weighted by Gasteiger charge is -2.21. The van der Waals surface area contributed by atoms with E-state index in [0.717, 1.165) is 15.9 Å². The van der Waals surface area contributed by atoms with E-state index in [0.29, 0.717) is 15.0 Å². The number of hydrogen-bond donors (Lipinski definition) is 1. The zero-order valence-corrected chi connectivity index (χ0v) is 15.8. The first-order valence-electron chi connectivity index (χ1n) is 6.99. The van der Waals surface area contributed by atoms with Gasteiger partial charge in [0, 0.05) is 22.1 Å². The molecule has 3 rings (SSSR count). The number of thiazole rings is 1. The van der Waals surface area contributed by atoms with Gasteiger partial charge in [-0.15, -0.1) is 11.3 Å². The van der Waals surface area contributed by atoms with Crippen molar-refractivity contribution in [3.05, 3.63) is 42.1 Å². The summed E-state index contributed by atoms with van der Waals surface area (Å²) in [6.45, 7) is 0. The highest BCUT2D eigenvalue weighted by atomic mass is 79.9. The second-order valence-corrected chi connectivity index (χ2v) is 7.81. The minimum atomic E-state index is -1.77. The maximum absolute atomic E-state index is 12.3. The van der Waals surface area contributed by atoms with Crippen LogP contribution in [0.25, 0.3) is 5.57 Å². The van der Waals surface area contributed by atoms with Crippen LogP contribution in [0.15, 0.2) is 27.7 Å². The van der Waals surface area contributed by atoms with Crippen molar-refractivity contribution in [1.82, 2.24) is 4.57 Å². The van der Waals surface area contributed by atoms with Gasteiger partial charge in [-0.3, -0.25) is 9.36 Å². The highest BCUT2D eigenvalue weighted by Gasteiger charge is 2.28. The molecule has 0 bridgehead atoms. The molecule has 0 unspecified atom stereocenters. The number of carbonyl (C=O) groups is 3. The SMILES string of the molecule is O=C([O-])C[C@@H](C(=O)[O-])n1c(O)c(C2=c3cc(Br)ccc3=NC2=O)sc1=S. The van der Waals surface area contributed by atoms with Crippen molar-refractivity contribution in [2.45, 2.75) is 12.5 Å². The molecule has 0 spiro atoms. The Hall–Kier alpha value is -2.37. The van der Waals surface area contributed by atoms with Crippen molar-refractivity contribution in [2.24, 2.45) is 4.99 Å². The Morgan fingerprint density at radius 2 is 2.08 bits per heavy atom. The molecule has 0 radical (unpaired) electrons. The fourth-order valence-corrected chi connectivity index (χ4v) is 4.36. The summed E-state index contributed by atoms with van der Waals surface area (Å²) < 4.78 is 1.28. The van der Waals surface area contributed by atoms with Crippen molar-refractivity contribution < 1.29 is 29.7 Å². The van der Waals surface area contributed by atoms with Gasteiger partial charge in [0.15, 0.2) is 3.95 Å². The van der Waals surface area contributed by atoms with Gasteiger partial charge in [0.25, 0.3) is 5.91 Å². The topological polar surface area (TPSA) is 135 Å². The first-order chi connectivity index (χ1) is 12.2. The molecule has 2 heterocycles. The minimum Gasteiger partial charge on any atom is -0.550 e. The molecule has 1 amide bonds. The number of carboxylic acids is 2. The molecule has 2 aromatic rings. The summed E-state index contributed by atoms with van der Waals surface area (Å²) in [6.07, 6.45) is -0.948. The molecule has 1 aliphatic heterocycles. The van der Waals surface area contributed by atoms with E-state index in [9.17, 15) is 29.7 Å². The molecule has 0 saturated heterocycles. The number of aromatic hydroxyl groups is 1. The van der Waals surface area contributed by atoms with Crippen LogP contribution >= 0.6 is 39.5 Å². The number of rotatable bonds is 5. The molecule has 1 atom stereocenters. The minimum absolute atomic E-state index is 0.00481. The van der Waals surface area contributed by atoms with Gasteiger partial charge >= 0.3 is 0 Å². The Morgan fingerprint density at radius 1 is 1.38 bits per heavy atom. The molecule has 0 aliphatic carbocycles. The number of aromatic nitrogens is 1. The van der Waals surface area contributed by atoms with Gasteiger partial charge in [-0.2, -0.15) is 0 Å². The van der Waals surface area contributed by atoms with Crippen LogP contribution in [-0.2, 0) is 14.4 Å². The largest absolute Gasteiger partial charge is 0.550 e. The number of carboxylic acid groups (broad SMARTS) is 2. The van der Waals surface area contributed by atoms with Crippen LogP contribution in [0, 0.1) is 3.95 Å². The molecular formula is C15H7BrN2O6S2-2. The fraction of sp³-hybridized carbons (Fsp3) is 0.133. The van der Waals surface area contributed by atoms with Gasteiger partial charge in [0.2, 0.25) is 5.88 Å². The van der Waals surface area contributed by atoms with Crippen molar-refractivity contribution in [3.8, 4) is 5.88 Å². The molecule has 1 aromatic heterocycles. The van der Waals surface area contributed by atoms with Gasteiger partial charge in [0.1, 0.15) is 4.88 Å². The van der Waals surface area contributed by atoms with E-state index in [2.05, 4.69) is 20.9 Å². The summed E-state index contributed by atoms with van der Waals surface area (Å²) in [5.41, 5.74) is 0.0548. The molecule has 1 aliphatic rings. The van der Waals surface area contributed by atoms with Crippen LogP contribution in [0.3, 0.4) is 0 Å². The van der Waals surface area contributed by atoms with Crippen molar-refractivity contribution in [2.75, 3.05) is 0 Å². The molecule has 0 fully saturated rings. The third-order valence-corrected chi connectivity index (χ3v) is 5.55. The number of carbonyl (C=O) groups excluding carboxylic acids is 3. The van der Waals surface area contributed by atoms with Crippen LogP contribution in [-0.4, -0.2) is 27.5 Å². The summed E-state index contributed by atoms with van der Waals surface area (Å²) in [6, 6.07) is 3.16. The Kier molecular flexibility index (Phi) is 4.78. The molecule has 11 heteroatoms. The third-order valence-electron chi connectivity index (χ3n) is 3.65. The van der Waals surface area contributed by atoms with Crippen molar-refractivity contribution in [1.29, 1.82) is 0 Å². The summed E-state index contributed by atoms with van der Waals surface area (Å²) in [4.78, 5) is 38.3. The third kappa shape index (κ3) is 3.08. The number of halogens is 1. The maximum Gasteiger partial charge on any atom is 0.279 e. The zero-order valence-electron chi connectivity index (χ0n) is 12.6. The molecule has 0 saturated carbocycles. The normalized spacial score (nSPS) is 14.0. The number of nitrogens with zero attached hydrogens (tertiary/aromatic N) is 2. The number of hydrogen-bond acceptors (Lipinski definition) is 8. The zero-order chi connectivity index (χ0) is 19.2. The number of fused-ring (bicyclic) bond motifs is 1. The molecule has 134 valence electrons. The Morgan fingerprint density at radius 3 is 2.69 bits per heavy atom. The van der Waals surface area contributed by atoms with Gasteiger partial charge in [0.05, 0.1) is 22.9 Å². The van der Waals surface area contributed by atoms with E-state index in [1.54, 1.807) is 18.2 Å². The lowest BCUT2D eigenvalue weighted by atomic mass is 10.1. The van der Waals surface area contributed by atoms with Gasteiger partial charge < -0.3 is 24.9 Å². The molecule has 1 N–H and O–H groups in total. The number of aliphatic carboxylic acids is 2. The Balaban J connectivity index is 2.27. The lowest BCUT2D eigenvalue weighted by Crippen LogP contribution is -2.37. The first kappa shape index (κ1) is 18.4. The summed E-state index contributed by atoms with van der Waals surface area (Å²) in [7, 11) is 0. The van der Waals surface area contributed by atoms with E-state index in [-0.39, 0.29) is 14.4 Å². The maximum atomic E-state index is 12.3. The van der Waals surface area contributed by atoms with Crippen LogP contribution in [0.1, 0.15) is 17.3 Å². The summed E-state index contributed by atoms with van der Waals surface area (Å²) in [5, 5.41) is 33.4. The summed E-state index contributed by atoms with van der Waals surface area (Å²) in [5.74, 6) is -4.66. The highest BCUT2D eigenvalue weighted by Crippen LogP contribution is 2.35. The van der Waals surface area contributed by atoms with Crippen LogP contribution in [0.2, 0.25) is 0 Å². The lowest BCUT2D eigenvalue weighted by molar-refractivity contribution is -0.319. The average molecular weight is 455 g/mol. The smallest absolute Gasteiger partial charge is 0.279 e. The molecule has 8 nitrogen and oxygen atoms in total. The number of benzene rings is 1. The van der Waals surface area contributed by atoms with E-state index in [1.807, 2.05) is 0 Å². The van der Waals surface area contributed by atoms with Gasteiger partial charge in [-0.25, -0.2) is 4.99 Å².